The first kappa shape index (κ1) is 21.9. The molecule has 0 atom stereocenters. The number of amides is 1. The van der Waals surface area contributed by atoms with Crippen LogP contribution in [0.5, 0.6) is 5.75 Å². The second-order valence-electron chi connectivity index (χ2n) is 7.58. The average Bonchev–Trinajstić information content (AvgIpc) is 2.98. The summed E-state index contributed by atoms with van der Waals surface area (Å²) in [5.74, 6) is 0.782. The molecule has 0 saturated heterocycles. The molecule has 1 N–H and O–H groups in total. The number of nitrogens with one attached hydrogen (secondary N) is 1. The Morgan fingerprint density at radius 3 is 2.67 bits per heavy atom. The van der Waals surface area contributed by atoms with Crippen LogP contribution in [0.1, 0.15) is 44.9 Å². The minimum Gasteiger partial charge on any atom is -0.489 e. The lowest BCUT2D eigenvalue weighted by Crippen LogP contribution is -2.25. The summed E-state index contributed by atoms with van der Waals surface area (Å²) in [5, 5.41) is 8.09. The van der Waals surface area contributed by atoms with Crippen molar-refractivity contribution in [2.75, 3.05) is 6.54 Å². The fourth-order valence-electron chi connectivity index (χ4n) is 3.25. The summed E-state index contributed by atoms with van der Waals surface area (Å²) in [7, 11) is 0. The summed E-state index contributed by atoms with van der Waals surface area (Å²) in [6.45, 7) is 9.61. The average molecular weight is 426 g/mol. The van der Waals surface area contributed by atoms with Crippen molar-refractivity contribution in [1.29, 1.82) is 0 Å². The van der Waals surface area contributed by atoms with Crippen LogP contribution in [0.15, 0.2) is 42.5 Å². The minimum absolute atomic E-state index is 0.0880. The molecule has 3 rings (SSSR count). The summed E-state index contributed by atoms with van der Waals surface area (Å²) in [6, 6.07) is 13.7. The van der Waals surface area contributed by atoms with Gasteiger partial charge in [-0.15, -0.1) is 0 Å². The van der Waals surface area contributed by atoms with E-state index in [0.29, 0.717) is 30.3 Å². The first-order valence-electron chi connectivity index (χ1n) is 10.1. The Hall–Kier alpha value is -2.79. The van der Waals surface area contributed by atoms with Gasteiger partial charge >= 0.3 is 0 Å². The van der Waals surface area contributed by atoms with Gasteiger partial charge in [-0.3, -0.25) is 9.48 Å². The fraction of sp³-hybridized carbons (Fsp3) is 0.333. The van der Waals surface area contributed by atoms with E-state index in [0.717, 1.165) is 40.2 Å². The molecular formula is C24H28ClN3O2. The Morgan fingerprint density at radius 2 is 1.93 bits per heavy atom. The van der Waals surface area contributed by atoms with E-state index in [-0.39, 0.29) is 5.91 Å². The number of rotatable bonds is 8. The monoisotopic (exact) mass is 425 g/mol. The topological polar surface area (TPSA) is 56.1 Å². The molecule has 1 aromatic heterocycles. The minimum atomic E-state index is -0.0880. The van der Waals surface area contributed by atoms with Gasteiger partial charge in [0.15, 0.2) is 0 Å². The van der Waals surface area contributed by atoms with E-state index in [2.05, 4.69) is 22.5 Å². The van der Waals surface area contributed by atoms with Gasteiger partial charge in [0.1, 0.15) is 12.4 Å². The number of nitrogens with zero attached hydrogens (tertiary/aromatic N) is 2. The van der Waals surface area contributed by atoms with Crippen molar-refractivity contribution in [3.63, 3.8) is 0 Å². The second kappa shape index (κ2) is 9.81. The van der Waals surface area contributed by atoms with Crippen LogP contribution in [-0.4, -0.2) is 22.2 Å². The summed E-state index contributed by atoms with van der Waals surface area (Å²) >= 11 is 6.17. The Bertz CT molecular complexity index is 1040. The van der Waals surface area contributed by atoms with Crippen molar-refractivity contribution in [3.8, 4) is 5.75 Å². The number of aryl methyl sites for hydroxylation is 4. The number of halogens is 1. The standard InChI is InChI=1S/C24H28ClN3O2/c1-16-9-10-17(2)22(13-16)30-15-20-7-5-8-21(14-20)24(29)26-11-6-12-28-19(4)23(25)18(3)27-28/h5,7-10,13-14H,6,11-12,15H2,1-4H3,(H,26,29). The molecule has 3 aromatic rings. The molecule has 0 aliphatic heterocycles. The van der Waals surface area contributed by atoms with Crippen LogP contribution in [-0.2, 0) is 13.2 Å². The largest absolute Gasteiger partial charge is 0.489 e. The van der Waals surface area contributed by atoms with Crippen LogP contribution in [0.3, 0.4) is 0 Å². The van der Waals surface area contributed by atoms with Gasteiger partial charge in [0.05, 0.1) is 16.4 Å². The molecule has 0 bridgehead atoms. The first-order valence-corrected chi connectivity index (χ1v) is 10.5. The first-order chi connectivity index (χ1) is 14.3. The lowest BCUT2D eigenvalue weighted by molar-refractivity contribution is 0.0952. The molecule has 0 saturated carbocycles. The maximum atomic E-state index is 12.5. The molecule has 0 unspecified atom stereocenters. The van der Waals surface area contributed by atoms with E-state index in [1.165, 1.54) is 0 Å². The lowest BCUT2D eigenvalue weighted by Gasteiger charge is -2.11. The van der Waals surface area contributed by atoms with Crippen LogP contribution >= 0.6 is 11.6 Å². The molecule has 6 heteroatoms. The highest BCUT2D eigenvalue weighted by molar-refractivity contribution is 6.31. The predicted molar refractivity (Wildman–Crippen MR) is 120 cm³/mol. The molecule has 0 fully saturated rings. The third-order valence-electron chi connectivity index (χ3n) is 5.05. The molecule has 158 valence electrons. The van der Waals surface area contributed by atoms with Gasteiger partial charge in [-0.2, -0.15) is 5.10 Å². The summed E-state index contributed by atoms with van der Waals surface area (Å²) < 4.78 is 7.84. The SMILES string of the molecule is Cc1ccc(C)c(OCc2cccc(C(=O)NCCCn3nc(C)c(Cl)c3C)c2)c1. The van der Waals surface area contributed by atoms with Gasteiger partial charge in [0, 0.05) is 18.7 Å². The van der Waals surface area contributed by atoms with Gasteiger partial charge < -0.3 is 10.1 Å². The smallest absolute Gasteiger partial charge is 0.251 e. The normalized spacial score (nSPS) is 10.8. The van der Waals surface area contributed by atoms with Gasteiger partial charge in [-0.1, -0.05) is 35.9 Å². The maximum Gasteiger partial charge on any atom is 0.251 e. The molecule has 1 heterocycles. The van der Waals surface area contributed by atoms with Crippen molar-refractivity contribution in [2.24, 2.45) is 0 Å². The zero-order valence-electron chi connectivity index (χ0n) is 18.0. The second-order valence-corrected chi connectivity index (χ2v) is 7.95. The molecule has 1 amide bonds. The number of hydrogen-bond donors (Lipinski definition) is 1. The van der Waals surface area contributed by atoms with Crippen LogP contribution in [0.25, 0.3) is 0 Å². The van der Waals surface area contributed by atoms with Crippen molar-refractivity contribution < 1.29 is 9.53 Å². The van der Waals surface area contributed by atoms with Crippen molar-refractivity contribution >= 4 is 17.5 Å². The van der Waals surface area contributed by atoms with Crippen molar-refractivity contribution in [3.05, 3.63) is 81.1 Å². The Balaban J connectivity index is 1.51. The molecule has 0 aliphatic carbocycles. The Labute approximate surface area is 183 Å². The number of hydrogen-bond acceptors (Lipinski definition) is 3. The summed E-state index contributed by atoms with van der Waals surface area (Å²) in [4.78, 5) is 12.5. The highest BCUT2D eigenvalue weighted by atomic mass is 35.5. The van der Waals surface area contributed by atoms with Gasteiger partial charge in [-0.25, -0.2) is 0 Å². The Morgan fingerprint density at radius 1 is 1.13 bits per heavy atom. The van der Waals surface area contributed by atoms with Crippen LogP contribution in [0.2, 0.25) is 5.02 Å². The van der Waals surface area contributed by atoms with E-state index >= 15 is 0 Å². The molecule has 0 radical (unpaired) electrons. The predicted octanol–water partition coefficient (Wildman–Crippen LogP) is 5.17. The van der Waals surface area contributed by atoms with Gasteiger partial charge in [-0.05, 0) is 69.0 Å². The van der Waals surface area contributed by atoms with Crippen molar-refractivity contribution in [1.82, 2.24) is 15.1 Å². The third kappa shape index (κ3) is 5.42. The number of ether oxygens (including phenoxy) is 1. The summed E-state index contributed by atoms with van der Waals surface area (Å²) in [6.07, 6.45) is 0.777. The van der Waals surface area contributed by atoms with Gasteiger partial charge in [0.25, 0.3) is 5.91 Å². The quantitative estimate of drug-likeness (QED) is 0.506. The molecule has 30 heavy (non-hydrogen) atoms. The van der Waals surface area contributed by atoms with E-state index in [1.54, 1.807) is 0 Å². The molecule has 0 aliphatic rings. The zero-order chi connectivity index (χ0) is 21.7. The molecular weight excluding hydrogens is 398 g/mol. The maximum absolute atomic E-state index is 12.5. The van der Waals surface area contributed by atoms with Crippen LogP contribution in [0, 0.1) is 27.7 Å². The van der Waals surface area contributed by atoms with E-state index in [1.807, 2.05) is 62.7 Å². The Kier molecular flexibility index (Phi) is 7.16. The number of benzene rings is 2. The molecule has 0 spiro atoms. The molecule has 5 nitrogen and oxygen atoms in total. The van der Waals surface area contributed by atoms with Crippen LogP contribution < -0.4 is 10.1 Å². The highest BCUT2D eigenvalue weighted by Crippen LogP contribution is 2.21. The number of aromatic nitrogens is 2. The number of carbonyl (C=O) groups is 1. The lowest BCUT2D eigenvalue weighted by atomic mass is 10.1. The fourth-order valence-corrected chi connectivity index (χ4v) is 3.39. The molecule has 2 aromatic carbocycles. The highest BCUT2D eigenvalue weighted by Gasteiger charge is 2.10. The zero-order valence-corrected chi connectivity index (χ0v) is 18.7. The summed E-state index contributed by atoms with van der Waals surface area (Å²) in [5.41, 5.74) is 5.63. The number of carbonyl (C=O) groups excluding carboxylic acids is 1. The van der Waals surface area contributed by atoms with Gasteiger partial charge in [0.2, 0.25) is 0 Å². The third-order valence-corrected chi connectivity index (χ3v) is 5.60. The van der Waals surface area contributed by atoms with Crippen LogP contribution in [0.4, 0.5) is 0 Å². The van der Waals surface area contributed by atoms with E-state index < -0.39 is 0 Å². The van der Waals surface area contributed by atoms with E-state index in [4.69, 9.17) is 16.3 Å². The van der Waals surface area contributed by atoms with Crippen molar-refractivity contribution in [2.45, 2.75) is 47.3 Å². The van der Waals surface area contributed by atoms with E-state index in [9.17, 15) is 4.79 Å².